The van der Waals surface area contributed by atoms with Gasteiger partial charge in [-0.2, -0.15) is 0 Å². The summed E-state index contributed by atoms with van der Waals surface area (Å²) in [7, 11) is 0. The van der Waals surface area contributed by atoms with E-state index in [2.05, 4.69) is 166 Å². The summed E-state index contributed by atoms with van der Waals surface area (Å²) in [6.45, 7) is 4.68. The van der Waals surface area contributed by atoms with Crippen molar-refractivity contribution in [2.75, 3.05) is 0 Å². The number of hydrogen-bond donors (Lipinski definition) is 0. The first-order valence-electron chi connectivity index (χ1n) is 16.9. The number of hydrogen-bond acceptors (Lipinski definition) is 2. The molecule has 0 spiro atoms. The van der Waals surface area contributed by atoms with Gasteiger partial charge >= 0.3 is 0 Å². The largest absolute Gasteiger partial charge is 0.228 e. The zero-order chi connectivity index (χ0) is 33.0. The zero-order valence-electron chi connectivity index (χ0n) is 27.6. The summed E-state index contributed by atoms with van der Waals surface area (Å²) in [6, 6.07) is 60.6. The Balaban J connectivity index is 1.20. The van der Waals surface area contributed by atoms with E-state index >= 15 is 0 Å². The minimum Gasteiger partial charge on any atom is -0.228 e. The maximum absolute atomic E-state index is 5.26. The highest BCUT2D eigenvalue weighted by molar-refractivity contribution is 5.98. The highest BCUT2D eigenvalue weighted by Gasteiger charge is 2.37. The van der Waals surface area contributed by atoms with Crippen LogP contribution in [0.3, 0.4) is 0 Å². The molecular formula is C47H34N2. The Morgan fingerprint density at radius 1 is 0.367 bits per heavy atom. The summed E-state index contributed by atoms with van der Waals surface area (Å²) in [4.78, 5) is 10.4. The first-order valence-corrected chi connectivity index (χ1v) is 16.9. The van der Waals surface area contributed by atoms with E-state index in [1.54, 1.807) is 0 Å². The smallest absolute Gasteiger partial charge is 0.160 e. The number of nitrogens with zero attached hydrogens (tertiary/aromatic N) is 2. The minimum absolute atomic E-state index is 0.130. The Morgan fingerprint density at radius 3 is 1.59 bits per heavy atom. The lowest BCUT2D eigenvalue weighted by Crippen LogP contribution is -2.14. The van der Waals surface area contributed by atoms with Crippen LogP contribution >= 0.6 is 0 Å². The van der Waals surface area contributed by atoms with Gasteiger partial charge in [0.2, 0.25) is 0 Å². The second-order valence-electron chi connectivity index (χ2n) is 13.4. The second-order valence-corrected chi connectivity index (χ2v) is 13.4. The maximum atomic E-state index is 5.26. The third-order valence-corrected chi connectivity index (χ3v) is 10.1. The molecule has 1 aromatic heterocycles. The fraction of sp³-hybridized carbons (Fsp3) is 0.0638. The van der Waals surface area contributed by atoms with Crippen LogP contribution in [0.4, 0.5) is 0 Å². The lowest BCUT2D eigenvalue weighted by molar-refractivity contribution is 0.661. The summed E-state index contributed by atoms with van der Waals surface area (Å²) >= 11 is 0. The van der Waals surface area contributed by atoms with Crippen molar-refractivity contribution < 1.29 is 0 Å². The Kier molecular flexibility index (Phi) is 6.84. The van der Waals surface area contributed by atoms with Gasteiger partial charge in [-0.3, -0.25) is 0 Å². The van der Waals surface area contributed by atoms with Crippen molar-refractivity contribution in [1.82, 2.24) is 9.97 Å². The van der Waals surface area contributed by atoms with Gasteiger partial charge in [-0.1, -0.05) is 166 Å². The summed E-state index contributed by atoms with van der Waals surface area (Å²) in [6.07, 6.45) is 0. The van der Waals surface area contributed by atoms with E-state index in [9.17, 15) is 0 Å². The van der Waals surface area contributed by atoms with Crippen molar-refractivity contribution in [3.05, 3.63) is 181 Å². The zero-order valence-corrected chi connectivity index (χ0v) is 27.6. The molecule has 0 saturated heterocycles. The van der Waals surface area contributed by atoms with Crippen molar-refractivity contribution >= 4 is 10.8 Å². The van der Waals surface area contributed by atoms with Crippen molar-refractivity contribution in [3.63, 3.8) is 0 Å². The highest BCUT2D eigenvalue weighted by atomic mass is 14.9. The van der Waals surface area contributed by atoms with Crippen LogP contribution in [0.25, 0.3) is 78.1 Å². The molecule has 0 atom stereocenters. The lowest BCUT2D eigenvalue weighted by atomic mass is 9.81. The fourth-order valence-electron chi connectivity index (χ4n) is 7.56. The summed E-state index contributed by atoms with van der Waals surface area (Å²) in [5, 5.41) is 2.52. The van der Waals surface area contributed by atoms with Gasteiger partial charge in [-0.05, 0) is 73.5 Å². The van der Waals surface area contributed by atoms with Gasteiger partial charge in [-0.15, -0.1) is 0 Å². The third kappa shape index (κ3) is 4.96. The van der Waals surface area contributed by atoms with Gasteiger partial charge in [0.05, 0.1) is 11.4 Å². The Labute approximate surface area is 287 Å². The van der Waals surface area contributed by atoms with Crippen LogP contribution < -0.4 is 0 Å². The van der Waals surface area contributed by atoms with Gasteiger partial charge in [0.1, 0.15) is 0 Å². The Morgan fingerprint density at radius 2 is 0.898 bits per heavy atom. The molecule has 2 nitrogen and oxygen atoms in total. The van der Waals surface area contributed by atoms with Crippen molar-refractivity contribution in [2.45, 2.75) is 19.3 Å². The Hall–Kier alpha value is -6.12. The van der Waals surface area contributed by atoms with E-state index in [1.807, 2.05) is 18.2 Å². The molecule has 232 valence electrons. The highest BCUT2D eigenvalue weighted by Crippen LogP contribution is 2.53. The van der Waals surface area contributed by atoms with E-state index in [0.717, 1.165) is 33.9 Å². The molecule has 7 aromatic carbocycles. The van der Waals surface area contributed by atoms with E-state index in [-0.39, 0.29) is 5.41 Å². The van der Waals surface area contributed by atoms with Gasteiger partial charge in [0.25, 0.3) is 0 Å². The van der Waals surface area contributed by atoms with Gasteiger partial charge in [0.15, 0.2) is 5.82 Å². The first kappa shape index (κ1) is 29.1. The SMILES string of the molecule is CC1(C)c2cc3ccccc3cc2-c2c(-c3cc(-c4ccc(-c5ccccc5-c5ccccc5)cc4)nc(-c4ccccc4)n3)cccc21. The molecule has 9 rings (SSSR count). The summed E-state index contributed by atoms with van der Waals surface area (Å²) in [5.41, 5.74) is 15.0. The molecule has 0 fully saturated rings. The van der Waals surface area contributed by atoms with Crippen LogP contribution in [0.5, 0.6) is 0 Å². The maximum Gasteiger partial charge on any atom is 0.160 e. The van der Waals surface area contributed by atoms with Gasteiger partial charge in [0, 0.05) is 22.1 Å². The molecule has 1 aliphatic rings. The normalized spacial score (nSPS) is 12.9. The van der Waals surface area contributed by atoms with Crippen LogP contribution in [0.15, 0.2) is 170 Å². The van der Waals surface area contributed by atoms with Crippen LogP contribution in [-0.4, -0.2) is 9.97 Å². The van der Waals surface area contributed by atoms with E-state index in [1.165, 1.54) is 55.3 Å². The molecule has 0 aliphatic heterocycles. The van der Waals surface area contributed by atoms with Crippen LogP contribution in [-0.2, 0) is 5.41 Å². The average molecular weight is 627 g/mol. The van der Waals surface area contributed by atoms with Crippen molar-refractivity contribution in [2.24, 2.45) is 0 Å². The number of aromatic nitrogens is 2. The van der Waals surface area contributed by atoms with E-state index in [0.29, 0.717) is 0 Å². The third-order valence-electron chi connectivity index (χ3n) is 10.1. The van der Waals surface area contributed by atoms with Crippen LogP contribution in [0, 0.1) is 0 Å². The average Bonchev–Trinajstić information content (AvgIpc) is 3.39. The fourth-order valence-corrected chi connectivity index (χ4v) is 7.56. The molecule has 2 heteroatoms. The van der Waals surface area contributed by atoms with Crippen LogP contribution in [0.2, 0.25) is 0 Å². The summed E-state index contributed by atoms with van der Waals surface area (Å²) in [5.74, 6) is 0.722. The molecule has 0 saturated carbocycles. The number of fused-ring (bicyclic) bond motifs is 4. The number of benzene rings is 7. The van der Waals surface area contributed by atoms with Crippen LogP contribution in [0.1, 0.15) is 25.0 Å². The molecule has 0 N–H and O–H groups in total. The topological polar surface area (TPSA) is 25.8 Å². The monoisotopic (exact) mass is 626 g/mol. The molecule has 8 aromatic rings. The summed E-state index contributed by atoms with van der Waals surface area (Å²) < 4.78 is 0. The standard InChI is InChI=1S/C47H34N2/c1-47(2)41-23-13-22-39(45(41)40-28-35-18-9-10-19-36(35)29-42(40)47)44-30-43(48-46(49-44)34-16-7-4-8-17-34)33-26-24-32(25-27-33)38-21-12-11-20-37(38)31-14-5-3-6-15-31/h3-30H,1-2H3. The molecule has 0 unspecified atom stereocenters. The van der Waals surface area contributed by atoms with E-state index in [4.69, 9.17) is 9.97 Å². The molecule has 1 aliphatic carbocycles. The molecular weight excluding hydrogens is 593 g/mol. The first-order chi connectivity index (χ1) is 24.0. The van der Waals surface area contributed by atoms with Crippen molar-refractivity contribution in [1.29, 1.82) is 0 Å². The van der Waals surface area contributed by atoms with Gasteiger partial charge < -0.3 is 0 Å². The molecule has 49 heavy (non-hydrogen) atoms. The minimum atomic E-state index is -0.130. The molecule has 1 heterocycles. The quantitative estimate of drug-likeness (QED) is 0.190. The predicted molar refractivity (Wildman–Crippen MR) is 204 cm³/mol. The molecule has 0 radical (unpaired) electrons. The lowest BCUT2D eigenvalue weighted by Gasteiger charge is -2.22. The van der Waals surface area contributed by atoms with Gasteiger partial charge in [-0.25, -0.2) is 9.97 Å². The number of rotatable bonds is 5. The van der Waals surface area contributed by atoms with Crippen molar-refractivity contribution in [3.8, 4) is 67.3 Å². The Bertz CT molecular complexity index is 2490. The molecule has 0 amide bonds. The molecule has 0 bridgehead atoms. The second kappa shape index (κ2) is 11.5. The predicted octanol–water partition coefficient (Wildman–Crippen LogP) is 12.3. The van der Waals surface area contributed by atoms with E-state index < -0.39 is 0 Å².